The maximum atomic E-state index is 12.9. The molecule has 0 saturated heterocycles. The predicted octanol–water partition coefficient (Wildman–Crippen LogP) is 5.61. The van der Waals surface area contributed by atoms with Crippen molar-refractivity contribution < 1.29 is 23.7 Å². The minimum absolute atomic E-state index is 0.0504. The fraction of sp³-hybridized carbons (Fsp3) is 0.360. The molecule has 2 aromatic carbocycles. The number of hydrogen-bond acceptors (Lipinski definition) is 8. The van der Waals surface area contributed by atoms with Crippen molar-refractivity contribution in [2.75, 3.05) is 33.8 Å². The summed E-state index contributed by atoms with van der Waals surface area (Å²) in [5.74, 6) is 1.97. The van der Waals surface area contributed by atoms with Gasteiger partial charge in [-0.25, -0.2) is 4.84 Å². The van der Waals surface area contributed by atoms with Gasteiger partial charge >= 0.3 is 0 Å². The molecule has 0 fully saturated rings. The number of nitrogens with one attached hydrogen (secondary N) is 2. The second-order valence-corrected chi connectivity index (χ2v) is 8.88. The predicted molar refractivity (Wildman–Crippen MR) is 140 cm³/mol. The third-order valence-electron chi connectivity index (χ3n) is 5.88. The normalized spacial score (nSPS) is 12.5. The van der Waals surface area contributed by atoms with E-state index in [9.17, 15) is 4.79 Å². The number of anilines is 1. The molecule has 2 atom stereocenters. The Morgan fingerprint density at radius 1 is 1.00 bits per heavy atom. The maximum Gasteiger partial charge on any atom is 0.243 e. The highest BCUT2D eigenvalue weighted by Crippen LogP contribution is 2.45. The van der Waals surface area contributed by atoms with Crippen LogP contribution in [0.5, 0.6) is 23.0 Å². The Morgan fingerprint density at radius 2 is 1.66 bits per heavy atom. The first-order valence-corrected chi connectivity index (χ1v) is 12.2. The second-order valence-electron chi connectivity index (χ2n) is 7.86. The van der Waals surface area contributed by atoms with Crippen LogP contribution in [0.2, 0.25) is 0 Å². The fourth-order valence-corrected chi connectivity index (χ4v) is 4.77. The van der Waals surface area contributed by atoms with Crippen molar-refractivity contribution in [1.29, 1.82) is 0 Å². The van der Waals surface area contributed by atoms with E-state index in [-0.39, 0.29) is 11.8 Å². The van der Waals surface area contributed by atoms with Crippen LogP contribution < -0.4 is 29.1 Å². The van der Waals surface area contributed by atoms with Gasteiger partial charge in [-0.15, -0.1) is 0 Å². The summed E-state index contributed by atoms with van der Waals surface area (Å²) in [6.45, 7) is 3.97. The van der Waals surface area contributed by atoms with Gasteiger partial charge in [0.1, 0.15) is 11.8 Å². The molecular formula is C25H30ClN3O5S. The molecule has 0 saturated carbocycles. The van der Waals surface area contributed by atoms with Crippen LogP contribution in [0.1, 0.15) is 20.3 Å². The van der Waals surface area contributed by atoms with Gasteiger partial charge in [0.2, 0.25) is 11.7 Å². The molecule has 0 aliphatic carbocycles. The van der Waals surface area contributed by atoms with Crippen molar-refractivity contribution in [3.8, 4) is 44.6 Å². The molecule has 2 N–H and O–H groups in total. The van der Waals surface area contributed by atoms with E-state index in [1.54, 1.807) is 34.6 Å². The largest absolute Gasteiger partial charge is 0.495 e. The minimum atomic E-state index is -0.548. The zero-order valence-corrected chi connectivity index (χ0v) is 22.2. The third-order valence-corrected chi connectivity index (χ3v) is 6.96. The molecule has 0 aliphatic heterocycles. The highest BCUT2D eigenvalue weighted by molar-refractivity contribution is 7.10. The number of hydrogen-bond donors (Lipinski definition) is 2. The first-order chi connectivity index (χ1) is 16.9. The SMILES string of the molecule is CCC(C)[C@H](NCl)C(=O)Nc1cc(-c2cnsc2-c2cc(OC)c(OC)c(OC)c2)ccc1OC. The standard InChI is InChI=1S/C25H30ClN3O5S/c1-7-14(2)22(29-26)25(30)28-18-10-15(8-9-19(18)31-3)17-13-27-35-24(17)16-11-20(32-4)23(34-6)21(12-16)33-5/h8-14,22,29H,7H2,1-6H3,(H,28,30)/t14?,22-/m0/s1. The monoisotopic (exact) mass is 519 g/mol. The summed E-state index contributed by atoms with van der Waals surface area (Å²) in [5, 5.41) is 2.96. The first-order valence-electron chi connectivity index (χ1n) is 11.0. The van der Waals surface area contributed by atoms with Gasteiger partial charge in [-0.1, -0.05) is 26.3 Å². The average Bonchev–Trinajstić information content (AvgIpc) is 3.38. The number of aromatic nitrogens is 1. The average molecular weight is 520 g/mol. The molecule has 1 aromatic heterocycles. The molecule has 188 valence electrons. The summed E-state index contributed by atoms with van der Waals surface area (Å²) in [5.41, 5.74) is 3.15. The molecule has 0 spiro atoms. The lowest BCUT2D eigenvalue weighted by atomic mass is 9.99. The molecule has 1 unspecified atom stereocenters. The van der Waals surface area contributed by atoms with E-state index < -0.39 is 6.04 Å². The smallest absolute Gasteiger partial charge is 0.243 e. The van der Waals surface area contributed by atoms with Gasteiger partial charge in [0.15, 0.2) is 11.5 Å². The Labute approximate surface area is 214 Å². The molecule has 1 amide bonds. The summed E-state index contributed by atoms with van der Waals surface area (Å²) in [4.78, 5) is 16.4. The molecule has 35 heavy (non-hydrogen) atoms. The lowest BCUT2D eigenvalue weighted by molar-refractivity contribution is -0.118. The van der Waals surface area contributed by atoms with Crippen molar-refractivity contribution in [3.63, 3.8) is 0 Å². The fourth-order valence-electron chi connectivity index (χ4n) is 3.70. The van der Waals surface area contributed by atoms with E-state index in [1.807, 2.05) is 44.2 Å². The number of ether oxygens (including phenoxy) is 4. The number of methoxy groups -OCH3 is 4. The summed E-state index contributed by atoms with van der Waals surface area (Å²) in [6, 6.07) is 8.82. The van der Waals surface area contributed by atoms with Crippen LogP contribution in [-0.4, -0.2) is 44.8 Å². The maximum absolute atomic E-state index is 12.9. The van der Waals surface area contributed by atoms with Crippen LogP contribution in [0, 0.1) is 5.92 Å². The van der Waals surface area contributed by atoms with E-state index in [0.29, 0.717) is 28.7 Å². The Balaban J connectivity index is 2.04. The third kappa shape index (κ3) is 5.63. The number of amides is 1. The molecular weight excluding hydrogens is 490 g/mol. The molecule has 0 bridgehead atoms. The number of rotatable bonds is 11. The van der Waals surface area contributed by atoms with Gasteiger partial charge in [0.25, 0.3) is 0 Å². The van der Waals surface area contributed by atoms with Crippen LogP contribution in [-0.2, 0) is 4.79 Å². The van der Waals surface area contributed by atoms with E-state index in [1.165, 1.54) is 11.5 Å². The summed E-state index contributed by atoms with van der Waals surface area (Å²) >= 11 is 7.22. The molecule has 8 nitrogen and oxygen atoms in total. The first kappa shape index (κ1) is 26.6. The van der Waals surface area contributed by atoms with Gasteiger partial charge in [-0.05, 0) is 59.1 Å². The highest BCUT2D eigenvalue weighted by Gasteiger charge is 2.25. The number of nitrogens with zero attached hydrogens (tertiary/aromatic N) is 1. The van der Waals surface area contributed by atoms with Crippen molar-refractivity contribution in [3.05, 3.63) is 36.5 Å². The number of carbonyl (C=O) groups is 1. The topological polar surface area (TPSA) is 90.9 Å². The Kier molecular flexibility index (Phi) is 9.20. The number of carbonyl (C=O) groups excluding carboxylic acids is 1. The summed E-state index contributed by atoms with van der Waals surface area (Å²) in [6.07, 6.45) is 2.59. The van der Waals surface area contributed by atoms with Crippen LogP contribution in [0.3, 0.4) is 0 Å². The quantitative estimate of drug-likeness (QED) is 0.318. The summed E-state index contributed by atoms with van der Waals surface area (Å²) in [7, 11) is 6.28. The van der Waals surface area contributed by atoms with Gasteiger partial charge in [-0.2, -0.15) is 4.37 Å². The molecule has 1 heterocycles. The number of halogens is 1. The highest BCUT2D eigenvalue weighted by atomic mass is 35.5. The van der Waals surface area contributed by atoms with Gasteiger partial charge in [-0.3, -0.25) is 4.79 Å². The summed E-state index contributed by atoms with van der Waals surface area (Å²) < 4.78 is 26.4. The number of benzene rings is 2. The Hall–Kier alpha value is -3.01. The van der Waals surface area contributed by atoms with Gasteiger partial charge in [0.05, 0.1) is 39.0 Å². The van der Waals surface area contributed by atoms with Gasteiger partial charge in [0, 0.05) is 17.3 Å². The zero-order valence-electron chi connectivity index (χ0n) is 20.6. The second kappa shape index (κ2) is 12.1. The molecule has 10 heteroatoms. The van der Waals surface area contributed by atoms with Crippen molar-refractivity contribution in [2.24, 2.45) is 5.92 Å². The van der Waals surface area contributed by atoms with Crippen LogP contribution in [0.4, 0.5) is 5.69 Å². The zero-order chi connectivity index (χ0) is 25.5. The van der Waals surface area contributed by atoms with Crippen molar-refractivity contribution in [1.82, 2.24) is 9.21 Å². The van der Waals surface area contributed by atoms with Crippen molar-refractivity contribution >= 4 is 34.9 Å². The van der Waals surface area contributed by atoms with Gasteiger partial charge < -0.3 is 24.3 Å². The minimum Gasteiger partial charge on any atom is -0.495 e. The lowest BCUT2D eigenvalue weighted by Gasteiger charge is -2.21. The van der Waals surface area contributed by atoms with E-state index in [0.717, 1.165) is 28.0 Å². The van der Waals surface area contributed by atoms with Crippen molar-refractivity contribution in [2.45, 2.75) is 26.3 Å². The van der Waals surface area contributed by atoms with E-state index in [4.69, 9.17) is 30.7 Å². The van der Waals surface area contributed by atoms with Crippen LogP contribution in [0.15, 0.2) is 36.5 Å². The lowest BCUT2D eigenvalue weighted by Crippen LogP contribution is -2.40. The van der Waals surface area contributed by atoms with Crippen LogP contribution >= 0.6 is 23.3 Å². The Bertz CT molecular complexity index is 1140. The molecule has 3 aromatic rings. The van der Waals surface area contributed by atoms with E-state index in [2.05, 4.69) is 14.5 Å². The molecule has 0 aliphatic rings. The van der Waals surface area contributed by atoms with Crippen LogP contribution in [0.25, 0.3) is 21.6 Å². The Morgan fingerprint density at radius 3 is 2.20 bits per heavy atom. The van der Waals surface area contributed by atoms with E-state index >= 15 is 0 Å². The molecule has 3 rings (SSSR count). The molecule has 0 radical (unpaired) electrons.